The van der Waals surface area contributed by atoms with Crippen LogP contribution >= 0.6 is 0 Å². The van der Waals surface area contributed by atoms with Gasteiger partial charge in [-0.1, -0.05) is 19.8 Å². The lowest BCUT2D eigenvalue weighted by Crippen LogP contribution is -2.52. The average Bonchev–Trinajstić information content (AvgIpc) is 2.74. The van der Waals surface area contributed by atoms with Crippen LogP contribution in [-0.2, 0) is 9.59 Å². The van der Waals surface area contributed by atoms with Crippen molar-refractivity contribution in [3.63, 3.8) is 0 Å². The zero-order valence-corrected chi connectivity index (χ0v) is 13.9. The van der Waals surface area contributed by atoms with Gasteiger partial charge in [-0.2, -0.15) is 0 Å². The summed E-state index contributed by atoms with van der Waals surface area (Å²) in [4.78, 5) is 26.5. The predicted octanol–water partition coefficient (Wildman–Crippen LogP) is 1.67. The number of nitrogens with zero attached hydrogens (tertiary/aromatic N) is 1. The number of hydrogen-bond acceptors (Lipinski definition) is 3. The first-order chi connectivity index (χ1) is 9.95. The van der Waals surface area contributed by atoms with E-state index < -0.39 is 6.04 Å². The number of nitrogens with one attached hydrogen (secondary N) is 2. The molecule has 1 fully saturated rings. The summed E-state index contributed by atoms with van der Waals surface area (Å²) in [5.41, 5.74) is 0. The molecule has 2 amide bonds. The fourth-order valence-corrected chi connectivity index (χ4v) is 2.52. The van der Waals surface area contributed by atoms with Gasteiger partial charge < -0.3 is 10.6 Å². The van der Waals surface area contributed by atoms with Gasteiger partial charge in [-0.15, -0.1) is 0 Å². The first-order valence-corrected chi connectivity index (χ1v) is 8.30. The quantitative estimate of drug-likeness (QED) is 0.784. The van der Waals surface area contributed by atoms with E-state index in [1.807, 2.05) is 20.8 Å². The van der Waals surface area contributed by atoms with Gasteiger partial charge in [0, 0.05) is 6.04 Å². The molecule has 0 aromatic heterocycles. The monoisotopic (exact) mass is 297 g/mol. The fourth-order valence-electron chi connectivity index (χ4n) is 2.52. The molecule has 0 aromatic rings. The van der Waals surface area contributed by atoms with Crippen LogP contribution in [-0.4, -0.2) is 47.9 Å². The SMILES string of the molecule is CCC(C)NC(=O)C(C)NC(=O)C(C)N1CCCCCC1. The van der Waals surface area contributed by atoms with E-state index in [9.17, 15) is 9.59 Å². The normalized spacial score (nSPS) is 21.0. The van der Waals surface area contributed by atoms with Crippen molar-refractivity contribution in [3.8, 4) is 0 Å². The largest absolute Gasteiger partial charge is 0.352 e. The Morgan fingerprint density at radius 2 is 1.52 bits per heavy atom. The van der Waals surface area contributed by atoms with Gasteiger partial charge in [0.2, 0.25) is 11.8 Å². The molecule has 122 valence electrons. The Bertz CT molecular complexity index is 338. The molecule has 0 aromatic carbocycles. The smallest absolute Gasteiger partial charge is 0.242 e. The van der Waals surface area contributed by atoms with Gasteiger partial charge in [0.25, 0.3) is 0 Å². The molecule has 0 radical (unpaired) electrons. The molecule has 3 unspecified atom stereocenters. The topological polar surface area (TPSA) is 61.4 Å². The van der Waals surface area contributed by atoms with Gasteiger partial charge >= 0.3 is 0 Å². The van der Waals surface area contributed by atoms with Crippen LogP contribution in [0.4, 0.5) is 0 Å². The van der Waals surface area contributed by atoms with E-state index in [0.29, 0.717) is 0 Å². The molecule has 5 heteroatoms. The molecule has 1 heterocycles. The lowest BCUT2D eigenvalue weighted by atomic mass is 10.2. The maximum Gasteiger partial charge on any atom is 0.242 e. The van der Waals surface area contributed by atoms with Crippen molar-refractivity contribution in [2.75, 3.05) is 13.1 Å². The van der Waals surface area contributed by atoms with Gasteiger partial charge in [0.15, 0.2) is 0 Å². The molecule has 0 bridgehead atoms. The molecule has 1 saturated heterocycles. The minimum Gasteiger partial charge on any atom is -0.352 e. The molecular weight excluding hydrogens is 266 g/mol. The van der Waals surface area contributed by atoms with E-state index in [0.717, 1.165) is 32.4 Å². The molecule has 1 aliphatic heterocycles. The second-order valence-electron chi connectivity index (χ2n) is 6.17. The molecule has 1 aliphatic rings. The van der Waals surface area contributed by atoms with Crippen molar-refractivity contribution in [1.29, 1.82) is 0 Å². The van der Waals surface area contributed by atoms with Crippen molar-refractivity contribution in [1.82, 2.24) is 15.5 Å². The molecular formula is C16H31N3O2. The van der Waals surface area contributed by atoms with E-state index >= 15 is 0 Å². The summed E-state index contributed by atoms with van der Waals surface area (Å²) in [5, 5.41) is 5.73. The van der Waals surface area contributed by atoms with Gasteiger partial charge in [-0.3, -0.25) is 14.5 Å². The summed E-state index contributed by atoms with van der Waals surface area (Å²) < 4.78 is 0. The molecule has 21 heavy (non-hydrogen) atoms. The number of likely N-dealkylation sites (tertiary alicyclic amines) is 1. The highest BCUT2D eigenvalue weighted by Crippen LogP contribution is 2.12. The highest BCUT2D eigenvalue weighted by molar-refractivity contribution is 5.89. The van der Waals surface area contributed by atoms with E-state index in [1.165, 1.54) is 12.8 Å². The van der Waals surface area contributed by atoms with Gasteiger partial charge in [-0.25, -0.2) is 0 Å². The summed E-state index contributed by atoms with van der Waals surface area (Å²) in [7, 11) is 0. The third-order valence-corrected chi connectivity index (χ3v) is 4.32. The fraction of sp³-hybridized carbons (Fsp3) is 0.875. The van der Waals surface area contributed by atoms with E-state index in [4.69, 9.17) is 0 Å². The van der Waals surface area contributed by atoms with Crippen LogP contribution in [0, 0.1) is 0 Å². The van der Waals surface area contributed by atoms with Crippen molar-refractivity contribution in [2.45, 2.75) is 77.9 Å². The molecule has 0 spiro atoms. The second kappa shape index (κ2) is 9.03. The maximum absolute atomic E-state index is 12.3. The summed E-state index contributed by atoms with van der Waals surface area (Å²) in [6, 6.07) is -0.511. The molecule has 1 rings (SSSR count). The Labute approximate surface area is 128 Å². The minimum atomic E-state index is -0.485. The van der Waals surface area contributed by atoms with Crippen LogP contribution in [0.5, 0.6) is 0 Å². The predicted molar refractivity (Wildman–Crippen MR) is 85.0 cm³/mol. The van der Waals surface area contributed by atoms with Crippen LogP contribution in [0.2, 0.25) is 0 Å². The van der Waals surface area contributed by atoms with Crippen LogP contribution < -0.4 is 10.6 Å². The van der Waals surface area contributed by atoms with Crippen molar-refractivity contribution in [3.05, 3.63) is 0 Å². The summed E-state index contributed by atoms with van der Waals surface area (Å²) in [6.45, 7) is 9.61. The van der Waals surface area contributed by atoms with Crippen LogP contribution in [0.15, 0.2) is 0 Å². The number of rotatable bonds is 6. The zero-order valence-electron chi connectivity index (χ0n) is 13.9. The molecule has 3 atom stereocenters. The molecule has 5 nitrogen and oxygen atoms in total. The van der Waals surface area contributed by atoms with Crippen LogP contribution in [0.1, 0.15) is 59.8 Å². The Hall–Kier alpha value is -1.10. The number of carbonyl (C=O) groups is 2. The number of amides is 2. The first kappa shape index (κ1) is 18.0. The highest BCUT2D eigenvalue weighted by atomic mass is 16.2. The maximum atomic E-state index is 12.3. The summed E-state index contributed by atoms with van der Waals surface area (Å²) >= 11 is 0. The first-order valence-electron chi connectivity index (χ1n) is 8.30. The Morgan fingerprint density at radius 1 is 0.952 bits per heavy atom. The Kier molecular flexibility index (Phi) is 7.72. The van der Waals surface area contributed by atoms with Crippen molar-refractivity contribution >= 4 is 11.8 Å². The standard InChI is InChI=1S/C16H31N3O2/c1-5-12(2)17-15(20)13(3)18-16(21)14(4)19-10-8-6-7-9-11-19/h12-14H,5-11H2,1-4H3,(H,17,20)(H,18,21). The lowest BCUT2D eigenvalue weighted by Gasteiger charge is -2.28. The highest BCUT2D eigenvalue weighted by Gasteiger charge is 2.25. The molecule has 2 N–H and O–H groups in total. The van der Waals surface area contributed by atoms with E-state index in [1.54, 1.807) is 6.92 Å². The second-order valence-corrected chi connectivity index (χ2v) is 6.17. The third-order valence-electron chi connectivity index (χ3n) is 4.32. The zero-order chi connectivity index (χ0) is 15.8. The summed E-state index contributed by atoms with van der Waals surface area (Å²) in [5.74, 6) is -0.163. The van der Waals surface area contributed by atoms with Gasteiger partial charge in [0.05, 0.1) is 6.04 Å². The lowest BCUT2D eigenvalue weighted by molar-refractivity contribution is -0.131. The third kappa shape index (κ3) is 6.04. The summed E-state index contributed by atoms with van der Waals surface area (Å²) in [6.07, 6.45) is 5.69. The number of carbonyl (C=O) groups excluding carboxylic acids is 2. The van der Waals surface area contributed by atoms with E-state index in [2.05, 4.69) is 15.5 Å². The van der Waals surface area contributed by atoms with Gasteiger partial charge in [0.1, 0.15) is 6.04 Å². The van der Waals surface area contributed by atoms with Crippen molar-refractivity contribution < 1.29 is 9.59 Å². The molecule has 0 aliphatic carbocycles. The van der Waals surface area contributed by atoms with Crippen molar-refractivity contribution in [2.24, 2.45) is 0 Å². The van der Waals surface area contributed by atoms with Crippen LogP contribution in [0.3, 0.4) is 0 Å². The minimum absolute atomic E-state index is 0.0521. The number of hydrogen-bond donors (Lipinski definition) is 2. The van der Waals surface area contributed by atoms with Crippen LogP contribution in [0.25, 0.3) is 0 Å². The average molecular weight is 297 g/mol. The van der Waals surface area contributed by atoms with Gasteiger partial charge in [-0.05, 0) is 53.1 Å². The van der Waals surface area contributed by atoms with E-state index in [-0.39, 0.29) is 23.9 Å². The molecule has 0 saturated carbocycles. The Balaban J connectivity index is 2.44. The Morgan fingerprint density at radius 3 is 2.05 bits per heavy atom.